The van der Waals surface area contributed by atoms with Crippen LogP contribution in [0.15, 0.2) is 24.3 Å². The highest BCUT2D eigenvalue weighted by atomic mass is 35.5. The Balaban J connectivity index is 1.97. The molecule has 0 bridgehead atoms. The van der Waals surface area contributed by atoms with Crippen LogP contribution in [0.25, 0.3) is 6.08 Å². The Bertz CT molecular complexity index is 611. The van der Waals surface area contributed by atoms with Gasteiger partial charge in [-0.1, -0.05) is 24.6 Å². The number of amides is 1. The number of nitro benzene ring substituents is 1. The minimum Gasteiger partial charge on any atom is -0.337 e. The topological polar surface area (TPSA) is 66.7 Å². The van der Waals surface area contributed by atoms with E-state index in [2.05, 4.69) is 11.8 Å². The molecule has 0 radical (unpaired) electrons. The lowest BCUT2D eigenvalue weighted by atomic mass is 10.2. The predicted molar refractivity (Wildman–Crippen MR) is 90.5 cm³/mol. The molecule has 0 unspecified atom stereocenters. The molecule has 2 rings (SSSR count). The lowest BCUT2D eigenvalue weighted by Crippen LogP contribution is -2.48. The second kappa shape index (κ2) is 8.08. The van der Waals surface area contributed by atoms with Crippen LogP contribution in [0, 0.1) is 10.1 Å². The molecular formula is C16H20ClN3O3. The van der Waals surface area contributed by atoms with Crippen molar-refractivity contribution in [1.82, 2.24) is 9.80 Å². The third-order valence-corrected chi connectivity index (χ3v) is 4.13. The molecule has 1 aromatic rings. The highest BCUT2D eigenvalue weighted by Crippen LogP contribution is 2.25. The zero-order valence-corrected chi connectivity index (χ0v) is 13.8. The summed E-state index contributed by atoms with van der Waals surface area (Å²) >= 11 is 5.77. The van der Waals surface area contributed by atoms with E-state index in [0.717, 1.165) is 26.1 Å². The molecule has 1 fully saturated rings. The van der Waals surface area contributed by atoms with Gasteiger partial charge in [0.15, 0.2) is 0 Å². The van der Waals surface area contributed by atoms with Crippen molar-refractivity contribution in [2.45, 2.75) is 13.3 Å². The molecular weight excluding hydrogens is 318 g/mol. The predicted octanol–water partition coefficient (Wildman–Crippen LogP) is 2.82. The lowest BCUT2D eigenvalue weighted by Gasteiger charge is -2.34. The van der Waals surface area contributed by atoms with E-state index in [-0.39, 0.29) is 16.6 Å². The minimum atomic E-state index is -0.533. The van der Waals surface area contributed by atoms with Crippen LogP contribution in [0.3, 0.4) is 0 Å². The first-order chi connectivity index (χ1) is 11.0. The van der Waals surface area contributed by atoms with Gasteiger partial charge < -0.3 is 4.90 Å². The number of carbonyl (C=O) groups excluding carboxylic acids is 1. The molecule has 0 saturated carbocycles. The van der Waals surface area contributed by atoms with Crippen molar-refractivity contribution in [2.75, 3.05) is 32.7 Å². The van der Waals surface area contributed by atoms with E-state index in [1.807, 2.05) is 0 Å². The number of hydrogen-bond donors (Lipinski definition) is 0. The van der Waals surface area contributed by atoms with Crippen LogP contribution >= 0.6 is 11.6 Å². The summed E-state index contributed by atoms with van der Waals surface area (Å²) in [6.07, 6.45) is 4.16. The van der Waals surface area contributed by atoms with Gasteiger partial charge in [0.2, 0.25) is 5.91 Å². The van der Waals surface area contributed by atoms with Crippen molar-refractivity contribution in [3.05, 3.63) is 45.0 Å². The molecule has 1 aliphatic heterocycles. The zero-order valence-electron chi connectivity index (χ0n) is 13.1. The minimum absolute atomic E-state index is 0.0706. The first-order valence-corrected chi connectivity index (χ1v) is 8.02. The average Bonchev–Trinajstić information content (AvgIpc) is 2.54. The maximum Gasteiger partial charge on any atom is 0.288 e. The van der Waals surface area contributed by atoms with E-state index in [1.54, 1.807) is 17.0 Å². The highest BCUT2D eigenvalue weighted by molar-refractivity contribution is 6.32. The molecule has 0 N–H and O–H groups in total. The number of piperazine rings is 1. The largest absolute Gasteiger partial charge is 0.337 e. The van der Waals surface area contributed by atoms with Crippen LogP contribution in [0.4, 0.5) is 5.69 Å². The van der Waals surface area contributed by atoms with Gasteiger partial charge in [-0.3, -0.25) is 19.8 Å². The smallest absolute Gasteiger partial charge is 0.288 e. The van der Waals surface area contributed by atoms with Gasteiger partial charge >= 0.3 is 0 Å². The molecule has 1 aliphatic rings. The number of hydrogen-bond acceptors (Lipinski definition) is 4. The van der Waals surface area contributed by atoms with Gasteiger partial charge in [-0.25, -0.2) is 0 Å². The van der Waals surface area contributed by atoms with Crippen LogP contribution < -0.4 is 0 Å². The van der Waals surface area contributed by atoms with E-state index >= 15 is 0 Å². The van der Waals surface area contributed by atoms with Crippen molar-refractivity contribution < 1.29 is 9.72 Å². The van der Waals surface area contributed by atoms with Gasteiger partial charge in [0.05, 0.1) is 4.92 Å². The molecule has 7 heteroatoms. The molecule has 6 nitrogen and oxygen atoms in total. The van der Waals surface area contributed by atoms with E-state index in [0.29, 0.717) is 18.7 Å². The Hall–Kier alpha value is -1.92. The van der Waals surface area contributed by atoms with E-state index in [9.17, 15) is 14.9 Å². The maximum atomic E-state index is 12.2. The standard InChI is InChI=1S/C16H20ClN3O3/c1-2-7-18-8-10-19(11-9-18)16(21)6-4-13-3-5-14(17)15(12-13)20(22)23/h3-6,12H,2,7-11H2,1H3. The Kier molecular flexibility index (Phi) is 6.12. The maximum absolute atomic E-state index is 12.2. The monoisotopic (exact) mass is 337 g/mol. The average molecular weight is 338 g/mol. The first-order valence-electron chi connectivity index (χ1n) is 7.64. The van der Waals surface area contributed by atoms with Crippen LogP contribution in [0.2, 0.25) is 5.02 Å². The van der Waals surface area contributed by atoms with Gasteiger partial charge in [0.1, 0.15) is 5.02 Å². The van der Waals surface area contributed by atoms with Gasteiger partial charge in [0, 0.05) is 38.3 Å². The summed E-state index contributed by atoms with van der Waals surface area (Å²) in [5, 5.41) is 10.9. The highest BCUT2D eigenvalue weighted by Gasteiger charge is 2.19. The fourth-order valence-electron chi connectivity index (χ4n) is 2.55. The van der Waals surface area contributed by atoms with Gasteiger partial charge in [-0.15, -0.1) is 0 Å². The second-order valence-electron chi connectivity index (χ2n) is 5.47. The fourth-order valence-corrected chi connectivity index (χ4v) is 2.74. The molecule has 0 atom stereocenters. The molecule has 1 amide bonds. The lowest BCUT2D eigenvalue weighted by molar-refractivity contribution is -0.384. The fraction of sp³-hybridized carbons (Fsp3) is 0.438. The third kappa shape index (κ3) is 4.77. The summed E-state index contributed by atoms with van der Waals surface area (Å²) in [4.78, 5) is 26.7. The normalized spacial score (nSPS) is 16.0. The van der Waals surface area contributed by atoms with Crippen molar-refractivity contribution >= 4 is 29.3 Å². The van der Waals surface area contributed by atoms with Crippen LogP contribution in [-0.4, -0.2) is 53.4 Å². The Morgan fingerprint density at radius 3 is 2.65 bits per heavy atom. The number of halogens is 1. The van der Waals surface area contributed by atoms with Gasteiger partial charge in [-0.05, 0) is 30.7 Å². The van der Waals surface area contributed by atoms with Crippen molar-refractivity contribution in [2.24, 2.45) is 0 Å². The number of carbonyl (C=O) groups is 1. The summed E-state index contributed by atoms with van der Waals surface area (Å²) in [6, 6.07) is 4.48. The summed E-state index contributed by atoms with van der Waals surface area (Å²) in [5.41, 5.74) is 0.425. The summed E-state index contributed by atoms with van der Waals surface area (Å²) < 4.78 is 0. The molecule has 0 aliphatic carbocycles. The molecule has 23 heavy (non-hydrogen) atoms. The van der Waals surface area contributed by atoms with Gasteiger partial charge in [0.25, 0.3) is 5.69 Å². The summed E-state index contributed by atoms with van der Waals surface area (Å²) in [7, 11) is 0. The van der Waals surface area contributed by atoms with Gasteiger partial charge in [-0.2, -0.15) is 0 Å². The van der Waals surface area contributed by atoms with Crippen molar-refractivity contribution in [1.29, 1.82) is 0 Å². The third-order valence-electron chi connectivity index (χ3n) is 3.81. The van der Waals surface area contributed by atoms with Crippen LogP contribution in [0.5, 0.6) is 0 Å². The first kappa shape index (κ1) is 17.4. The SMILES string of the molecule is CCCN1CCN(C(=O)C=Cc2ccc(Cl)c([N+](=O)[O-])c2)CC1. The number of rotatable bonds is 5. The van der Waals surface area contributed by atoms with E-state index in [1.165, 1.54) is 18.2 Å². The van der Waals surface area contributed by atoms with E-state index in [4.69, 9.17) is 11.6 Å². The van der Waals surface area contributed by atoms with E-state index < -0.39 is 4.92 Å². The zero-order chi connectivity index (χ0) is 16.8. The number of benzene rings is 1. The van der Waals surface area contributed by atoms with Crippen molar-refractivity contribution in [3.63, 3.8) is 0 Å². The van der Waals surface area contributed by atoms with Crippen LogP contribution in [-0.2, 0) is 4.79 Å². The Morgan fingerprint density at radius 1 is 1.35 bits per heavy atom. The van der Waals surface area contributed by atoms with Crippen LogP contribution in [0.1, 0.15) is 18.9 Å². The molecule has 1 saturated heterocycles. The molecule has 0 spiro atoms. The van der Waals surface area contributed by atoms with Crippen molar-refractivity contribution in [3.8, 4) is 0 Å². The molecule has 1 heterocycles. The summed E-state index contributed by atoms with van der Waals surface area (Å²) in [6.45, 7) is 6.41. The quantitative estimate of drug-likeness (QED) is 0.471. The Morgan fingerprint density at radius 2 is 2.04 bits per heavy atom. The molecule has 1 aromatic carbocycles. The molecule has 124 valence electrons. The summed E-state index contributed by atoms with van der Waals surface area (Å²) in [5.74, 6) is -0.0706. The second-order valence-corrected chi connectivity index (χ2v) is 5.88. The molecule has 0 aromatic heterocycles. The number of nitrogens with zero attached hydrogens (tertiary/aromatic N) is 3. The number of nitro groups is 1. The Labute approximate surface area is 140 Å².